The lowest BCUT2D eigenvalue weighted by Crippen LogP contribution is -1.84. The summed E-state index contributed by atoms with van der Waals surface area (Å²) in [6.45, 7) is 0. The van der Waals surface area contributed by atoms with Crippen LogP contribution in [0.4, 0.5) is 0 Å². The zero-order chi connectivity index (χ0) is 9.52. The summed E-state index contributed by atoms with van der Waals surface area (Å²) in [7, 11) is 1.73. The summed E-state index contributed by atoms with van der Waals surface area (Å²) in [6, 6.07) is 9.93. The van der Waals surface area contributed by atoms with Crippen molar-refractivity contribution in [3.05, 3.63) is 42.0 Å². The molecule has 0 saturated heterocycles. The van der Waals surface area contributed by atoms with Crippen LogP contribution in [0.3, 0.4) is 0 Å². The molecule has 0 aliphatic carbocycles. The molecule has 0 aliphatic rings. The molecule has 0 aromatic heterocycles. The van der Waals surface area contributed by atoms with E-state index in [1.54, 1.807) is 19.3 Å². The molecule has 0 heterocycles. The molecule has 0 amide bonds. The van der Waals surface area contributed by atoms with Crippen molar-refractivity contribution in [3.63, 3.8) is 0 Å². The van der Waals surface area contributed by atoms with Gasteiger partial charge in [-0.15, -0.1) is 6.42 Å². The molecular formula is C12H11N. The maximum absolute atomic E-state index is 5.21. The fourth-order valence-electron chi connectivity index (χ4n) is 1.05. The first-order valence-electron chi connectivity index (χ1n) is 4.02. The minimum Gasteiger partial charge on any atom is -0.296 e. The van der Waals surface area contributed by atoms with Crippen molar-refractivity contribution in [3.8, 4) is 12.3 Å². The first-order valence-corrected chi connectivity index (χ1v) is 4.02. The van der Waals surface area contributed by atoms with Crippen molar-refractivity contribution in [1.82, 2.24) is 0 Å². The molecule has 0 unspecified atom stereocenters. The molecule has 64 valence electrons. The van der Waals surface area contributed by atoms with Crippen LogP contribution >= 0.6 is 0 Å². The monoisotopic (exact) mass is 169 g/mol. The maximum atomic E-state index is 5.21. The summed E-state index contributed by atoms with van der Waals surface area (Å²) in [5.74, 6) is 2.50. The Morgan fingerprint density at radius 1 is 1.38 bits per heavy atom. The minimum atomic E-state index is 0.964. The average Bonchev–Trinajstić information content (AvgIpc) is 2.19. The second-order valence-corrected chi connectivity index (χ2v) is 2.52. The van der Waals surface area contributed by atoms with E-state index in [0.717, 1.165) is 11.1 Å². The van der Waals surface area contributed by atoms with Crippen LogP contribution in [0.25, 0.3) is 5.57 Å². The molecular weight excluding hydrogens is 158 g/mol. The normalized spacial score (nSPS) is 11.5. The Morgan fingerprint density at radius 3 is 2.62 bits per heavy atom. The summed E-state index contributed by atoms with van der Waals surface area (Å²) in [6.07, 6.45) is 8.68. The van der Waals surface area contributed by atoms with Crippen molar-refractivity contribution < 1.29 is 0 Å². The molecule has 0 bridgehead atoms. The molecule has 0 fully saturated rings. The predicted molar refractivity (Wildman–Crippen MR) is 57.7 cm³/mol. The smallest absolute Gasteiger partial charge is 0.0293 e. The van der Waals surface area contributed by atoms with Gasteiger partial charge >= 0.3 is 0 Å². The van der Waals surface area contributed by atoms with Gasteiger partial charge in [-0.2, -0.15) is 0 Å². The number of nitrogens with zero attached hydrogens (tertiary/aromatic N) is 1. The van der Waals surface area contributed by atoms with E-state index in [-0.39, 0.29) is 0 Å². The number of allylic oxidation sites excluding steroid dienone is 2. The highest BCUT2D eigenvalue weighted by Gasteiger charge is 1.94. The maximum Gasteiger partial charge on any atom is 0.0293 e. The van der Waals surface area contributed by atoms with Crippen molar-refractivity contribution in [2.45, 2.75) is 0 Å². The van der Waals surface area contributed by atoms with E-state index in [1.165, 1.54) is 0 Å². The third-order valence-corrected chi connectivity index (χ3v) is 1.61. The molecule has 0 saturated carbocycles. The first-order chi connectivity index (χ1) is 6.38. The van der Waals surface area contributed by atoms with Crippen LogP contribution in [0, 0.1) is 12.3 Å². The summed E-state index contributed by atoms with van der Waals surface area (Å²) in [5.41, 5.74) is 2.05. The number of hydrogen-bond donors (Lipinski definition) is 0. The Morgan fingerprint density at radius 2 is 2.08 bits per heavy atom. The lowest BCUT2D eigenvalue weighted by atomic mass is 10.1. The number of aliphatic imine (C=N–C) groups is 1. The Kier molecular flexibility index (Phi) is 3.53. The van der Waals surface area contributed by atoms with Crippen LogP contribution in [0.2, 0.25) is 0 Å². The highest BCUT2D eigenvalue weighted by Crippen LogP contribution is 2.10. The zero-order valence-corrected chi connectivity index (χ0v) is 7.57. The standard InChI is InChI=1S/C12H11N/c1-3-7-12(10-13-2)11-8-5-4-6-9-11/h1,4-10H,2H3/b12-7+,13-10?. The highest BCUT2D eigenvalue weighted by molar-refractivity contribution is 6.10. The Bertz CT molecular complexity index is 352. The molecule has 1 nitrogen and oxygen atoms in total. The summed E-state index contributed by atoms with van der Waals surface area (Å²) in [4.78, 5) is 3.94. The summed E-state index contributed by atoms with van der Waals surface area (Å²) < 4.78 is 0. The minimum absolute atomic E-state index is 0.964. The number of rotatable bonds is 2. The molecule has 1 aromatic rings. The van der Waals surface area contributed by atoms with Crippen molar-refractivity contribution in [1.29, 1.82) is 0 Å². The van der Waals surface area contributed by atoms with Gasteiger partial charge in [0.05, 0.1) is 0 Å². The predicted octanol–water partition coefficient (Wildman–Crippen LogP) is 2.40. The Balaban J connectivity index is 3.05. The molecule has 0 radical (unpaired) electrons. The molecule has 1 heteroatoms. The number of benzene rings is 1. The van der Waals surface area contributed by atoms with Crippen molar-refractivity contribution >= 4 is 11.8 Å². The third kappa shape index (κ3) is 2.61. The fourth-order valence-corrected chi connectivity index (χ4v) is 1.05. The molecule has 1 rings (SSSR count). The Labute approximate surface area is 78.8 Å². The number of terminal acetylenes is 1. The highest BCUT2D eigenvalue weighted by atomic mass is 14.6. The van der Waals surface area contributed by atoms with Crippen molar-refractivity contribution in [2.24, 2.45) is 4.99 Å². The quantitative estimate of drug-likeness (QED) is 0.476. The fraction of sp³-hybridized carbons (Fsp3) is 0.0833. The second-order valence-electron chi connectivity index (χ2n) is 2.52. The van der Waals surface area contributed by atoms with Gasteiger partial charge in [0.15, 0.2) is 0 Å². The molecule has 0 aliphatic heterocycles. The summed E-state index contributed by atoms with van der Waals surface area (Å²) in [5, 5.41) is 0. The van der Waals surface area contributed by atoms with Crippen LogP contribution in [0.15, 0.2) is 41.4 Å². The van der Waals surface area contributed by atoms with Gasteiger partial charge in [0.25, 0.3) is 0 Å². The van der Waals surface area contributed by atoms with Gasteiger partial charge in [0.1, 0.15) is 0 Å². The van der Waals surface area contributed by atoms with Crippen LogP contribution < -0.4 is 0 Å². The first kappa shape index (κ1) is 9.28. The Hall–Kier alpha value is -1.81. The van der Waals surface area contributed by atoms with E-state index in [4.69, 9.17) is 6.42 Å². The van der Waals surface area contributed by atoms with Crippen LogP contribution in [-0.4, -0.2) is 13.3 Å². The van der Waals surface area contributed by atoms with E-state index in [9.17, 15) is 0 Å². The second kappa shape index (κ2) is 4.95. The average molecular weight is 169 g/mol. The van der Waals surface area contributed by atoms with E-state index >= 15 is 0 Å². The van der Waals surface area contributed by atoms with E-state index in [0.29, 0.717) is 0 Å². The molecule has 13 heavy (non-hydrogen) atoms. The molecule has 0 N–H and O–H groups in total. The van der Waals surface area contributed by atoms with Gasteiger partial charge in [-0.25, -0.2) is 0 Å². The van der Waals surface area contributed by atoms with Gasteiger partial charge in [0.2, 0.25) is 0 Å². The van der Waals surface area contributed by atoms with Gasteiger partial charge < -0.3 is 0 Å². The SMILES string of the molecule is C#C/C=C(\C=NC)c1ccccc1. The van der Waals surface area contributed by atoms with Gasteiger partial charge in [0, 0.05) is 18.8 Å². The lowest BCUT2D eigenvalue weighted by Gasteiger charge is -1.98. The van der Waals surface area contributed by atoms with E-state index < -0.39 is 0 Å². The molecule has 0 atom stereocenters. The summed E-state index contributed by atoms with van der Waals surface area (Å²) >= 11 is 0. The lowest BCUT2D eigenvalue weighted by molar-refractivity contribution is 1.47. The van der Waals surface area contributed by atoms with Gasteiger partial charge in [-0.3, -0.25) is 4.99 Å². The molecule has 1 aromatic carbocycles. The zero-order valence-electron chi connectivity index (χ0n) is 7.57. The van der Waals surface area contributed by atoms with Crippen LogP contribution in [-0.2, 0) is 0 Å². The van der Waals surface area contributed by atoms with E-state index in [2.05, 4.69) is 10.9 Å². The van der Waals surface area contributed by atoms with Crippen LogP contribution in [0.1, 0.15) is 5.56 Å². The van der Waals surface area contributed by atoms with Gasteiger partial charge in [-0.05, 0) is 11.6 Å². The topological polar surface area (TPSA) is 12.4 Å². The van der Waals surface area contributed by atoms with Crippen LogP contribution in [0.5, 0.6) is 0 Å². The van der Waals surface area contributed by atoms with E-state index in [1.807, 2.05) is 30.3 Å². The largest absolute Gasteiger partial charge is 0.296 e. The third-order valence-electron chi connectivity index (χ3n) is 1.61. The number of hydrogen-bond acceptors (Lipinski definition) is 1. The van der Waals surface area contributed by atoms with Gasteiger partial charge in [-0.1, -0.05) is 36.3 Å². The molecule has 0 spiro atoms. The van der Waals surface area contributed by atoms with Crippen molar-refractivity contribution in [2.75, 3.05) is 7.05 Å².